The number of benzene rings is 2. The van der Waals surface area contributed by atoms with E-state index in [1.165, 1.54) is 0 Å². The normalized spacial score (nSPS) is 15.3. The molecule has 1 aromatic heterocycles. The third-order valence-corrected chi connectivity index (χ3v) is 6.68. The van der Waals surface area contributed by atoms with Crippen LogP contribution in [0.1, 0.15) is 79.4 Å². The summed E-state index contributed by atoms with van der Waals surface area (Å²) >= 11 is 0. The summed E-state index contributed by atoms with van der Waals surface area (Å²) < 4.78 is 7.46. The minimum absolute atomic E-state index is 0. The van der Waals surface area contributed by atoms with Crippen LogP contribution in [0, 0.1) is 0 Å². The van der Waals surface area contributed by atoms with Gasteiger partial charge in [-0.15, -0.1) is 0 Å². The molecule has 2 heterocycles. The van der Waals surface area contributed by atoms with Gasteiger partial charge < -0.3 is 20.1 Å². The zero-order valence-corrected chi connectivity index (χ0v) is 22.3. The summed E-state index contributed by atoms with van der Waals surface area (Å²) in [5.41, 5.74) is 1.78. The molecule has 9 nitrogen and oxygen atoms in total. The molecule has 10 heteroatoms. The fourth-order valence-electron chi connectivity index (χ4n) is 4.69. The van der Waals surface area contributed by atoms with E-state index in [0.717, 1.165) is 55.8 Å². The molecule has 0 spiro atoms. The summed E-state index contributed by atoms with van der Waals surface area (Å²) in [5.74, 6) is -0.199. The number of carbonyl (C=O) groups is 2. The number of carboxylic acids is 1. The van der Waals surface area contributed by atoms with E-state index in [0.29, 0.717) is 12.5 Å². The number of likely N-dealkylation sites (tertiary alicyclic amines) is 1. The van der Waals surface area contributed by atoms with Crippen molar-refractivity contribution in [2.24, 2.45) is 0 Å². The summed E-state index contributed by atoms with van der Waals surface area (Å²) in [6.45, 7) is 8.37. The minimum atomic E-state index is -0.930. The van der Waals surface area contributed by atoms with Crippen LogP contribution in [-0.4, -0.2) is 91.6 Å². The number of nitrogens with one attached hydrogen (secondary N) is 1. The number of carbonyl (C=O) groups excluding carboxylic acids is 1. The third-order valence-electron chi connectivity index (χ3n) is 6.68. The Balaban J connectivity index is 0.00000420. The van der Waals surface area contributed by atoms with E-state index in [9.17, 15) is 9.59 Å². The number of rotatable bonds is 9. The van der Waals surface area contributed by atoms with E-state index in [-0.39, 0.29) is 41.2 Å². The molecule has 2 N–H and O–H groups in total. The number of carboxylic acid groups (broad SMARTS) is 1. The Kier molecular flexibility index (Phi) is 11.1. The van der Waals surface area contributed by atoms with Crippen molar-refractivity contribution >= 4 is 41.6 Å². The number of aromatic carboxylic acids is 1. The third kappa shape index (κ3) is 9.46. The molecule has 0 aliphatic carbocycles. The van der Waals surface area contributed by atoms with Gasteiger partial charge in [0.15, 0.2) is 5.82 Å². The summed E-state index contributed by atoms with van der Waals surface area (Å²) in [4.78, 5) is 30.4. The van der Waals surface area contributed by atoms with E-state index in [1.807, 2.05) is 67.9 Å². The van der Waals surface area contributed by atoms with Crippen molar-refractivity contribution in [2.45, 2.75) is 64.1 Å². The van der Waals surface area contributed by atoms with Crippen LogP contribution in [0.2, 0.25) is 0 Å². The number of piperidine rings is 1. The molecule has 1 fully saturated rings. The van der Waals surface area contributed by atoms with E-state index < -0.39 is 17.7 Å². The Hall–Kier alpha value is -2.72. The summed E-state index contributed by atoms with van der Waals surface area (Å²) in [6.07, 6.45) is 4.72. The average Bonchev–Trinajstić information content (AvgIpc) is 3.35. The molecule has 2 aromatic carbocycles. The standard InChI is InChI=1S/C29H37N5O4.Na.H/c1-29(2,3)38-28(37)31-25(22-7-5-4-6-8-22)15-18-33-16-13-24(14-17-33)34-20-30-26(32-34)19-21-9-11-23(12-10-21)27(35)36;;/h4-12,20,24-25H,13-19H2,1-3H3,(H,31,37)(H,35,36);;/t25-;;/m0../s1. The molecular weight excluding hydrogens is 505 g/mol. The SMILES string of the molecule is CC(C)(C)OC(=O)N[C@@H](CCN1CCC(n2cnc(Cc3ccc(C(=O)O)cc3)n2)CC1)c1ccccc1.[NaH]. The van der Waals surface area contributed by atoms with Gasteiger partial charge in [0.25, 0.3) is 0 Å². The molecule has 1 amide bonds. The number of alkyl carbamates (subject to hydrolysis) is 1. The Labute approximate surface area is 252 Å². The van der Waals surface area contributed by atoms with Crippen LogP contribution in [0.5, 0.6) is 0 Å². The van der Waals surface area contributed by atoms with Crippen molar-refractivity contribution in [3.63, 3.8) is 0 Å². The van der Waals surface area contributed by atoms with Crippen LogP contribution < -0.4 is 5.32 Å². The van der Waals surface area contributed by atoms with E-state index in [2.05, 4.69) is 15.2 Å². The van der Waals surface area contributed by atoms with Gasteiger partial charge in [-0.3, -0.25) is 0 Å². The predicted molar refractivity (Wildman–Crippen MR) is 151 cm³/mol. The van der Waals surface area contributed by atoms with Gasteiger partial charge >= 0.3 is 41.6 Å². The average molecular weight is 544 g/mol. The molecule has 39 heavy (non-hydrogen) atoms. The van der Waals surface area contributed by atoms with Crippen molar-refractivity contribution < 1.29 is 19.4 Å². The zero-order valence-electron chi connectivity index (χ0n) is 22.3. The fraction of sp³-hybridized carbons (Fsp3) is 0.448. The molecule has 1 saturated heterocycles. The quantitative estimate of drug-likeness (QED) is 0.389. The van der Waals surface area contributed by atoms with Gasteiger partial charge in [-0.2, -0.15) is 5.10 Å². The first kappa shape index (κ1) is 30.8. The first-order chi connectivity index (χ1) is 18.2. The maximum absolute atomic E-state index is 12.5. The first-order valence-electron chi connectivity index (χ1n) is 13.2. The predicted octanol–water partition coefficient (Wildman–Crippen LogP) is 4.21. The molecule has 0 bridgehead atoms. The van der Waals surface area contributed by atoms with Crippen molar-refractivity contribution in [2.75, 3.05) is 19.6 Å². The molecule has 1 atom stereocenters. The molecule has 0 radical (unpaired) electrons. The molecule has 1 aliphatic rings. The second-order valence-corrected chi connectivity index (χ2v) is 10.8. The number of hydrogen-bond acceptors (Lipinski definition) is 6. The van der Waals surface area contributed by atoms with Gasteiger partial charge in [0, 0.05) is 26.1 Å². The Bertz CT molecular complexity index is 1200. The van der Waals surface area contributed by atoms with Gasteiger partial charge in [-0.1, -0.05) is 42.5 Å². The van der Waals surface area contributed by atoms with Crippen LogP contribution in [0.25, 0.3) is 0 Å². The Morgan fingerprint density at radius 2 is 1.74 bits per heavy atom. The zero-order chi connectivity index (χ0) is 27.1. The van der Waals surface area contributed by atoms with E-state index in [4.69, 9.17) is 14.9 Å². The monoisotopic (exact) mass is 543 g/mol. The second kappa shape index (κ2) is 14.1. The van der Waals surface area contributed by atoms with Gasteiger partial charge in [0.1, 0.15) is 11.9 Å². The molecule has 0 saturated carbocycles. The summed E-state index contributed by atoms with van der Waals surface area (Å²) in [6, 6.07) is 17.0. The Morgan fingerprint density at radius 3 is 2.36 bits per heavy atom. The Morgan fingerprint density at radius 1 is 1.08 bits per heavy atom. The number of aromatic nitrogens is 3. The summed E-state index contributed by atoms with van der Waals surface area (Å²) in [5, 5.41) is 16.8. The van der Waals surface area contributed by atoms with E-state index >= 15 is 0 Å². The number of hydrogen-bond donors (Lipinski definition) is 2. The van der Waals surface area contributed by atoms with Crippen LogP contribution >= 0.6 is 0 Å². The maximum atomic E-state index is 12.5. The van der Waals surface area contributed by atoms with Gasteiger partial charge in [0.2, 0.25) is 0 Å². The molecule has 1 aliphatic heterocycles. The molecular formula is C29H38N5NaO4. The van der Waals surface area contributed by atoms with Crippen molar-refractivity contribution in [3.05, 3.63) is 83.4 Å². The number of ether oxygens (including phenoxy) is 1. The van der Waals surface area contributed by atoms with Crippen LogP contribution in [0.15, 0.2) is 60.9 Å². The van der Waals surface area contributed by atoms with Crippen LogP contribution in [0.4, 0.5) is 4.79 Å². The van der Waals surface area contributed by atoms with Gasteiger partial charge in [0.05, 0.1) is 17.6 Å². The molecule has 204 valence electrons. The van der Waals surface area contributed by atoms with Crippen molar-refractivity contribution in [1.29, 1.82) is 0 Å². The van der Waals surface area contributed by atoms with Crippen molar-refractivity contribution in [1.82, 2.24) is 25.0 Å². The van der Waals surface area contributed by atoms with Crippen molar-refractivity contribution in [3.8, 4) is 0 Å². The topological polar surface area (TPSA) is 110 Å². The molecule has 3 aromatic rings. The second-order valence-electron chi connectivity index (χ2n) is 10.8. The summed E-state index contributed by atoms with van der Waals surface area (Å²) in [7, 11) is 0. The first-order valence-corrected chi connectivity index (χ1v) is 13.2. The number of amides is 1. The van der Waals surface area contributed by atoms with E-state index in [1.54, 1.807) is 18.5 Å². The van der Waals surface area contributed by atoms with Crippen LogP contribution in [-0.2, 0) is 11.2 Å². The number of nitrogens with zero attached hydrogens (tertiary/aromatic N) is 4. The van der Waals surface area contributed by atoms with Crippen LogP contribution in [0.3, 0.4) is 0 Å². The van der Waals surface area contributed by atoms with Gasteiger partial charge in [-0.25, -0.2) is 19.3 Å². The molecule has 4 rings (SSSR count). The van der Waals surface area contributed by atoms with Gasteiger partial charge in [-0.05, 0) is 63.3 Å². The fourth-order valence-corrected chi connectivity index (χ4v) is 4.69. The molecule has 0 unspecified atom stereocenters.